The van der Waals surface area contributed by atoms with Crippen LogP contribution >= 0.6 is 0 Å². The molecule has 0 aliphatic carbocycles. The standard InChI is InChI=1S/C10H19N/c1-5-7-8-10(6-2)9(3)11-4/h8H,5-7H2,1-4H3. The third-order valence-electron chi connectivity index (χ3n) is 1.86. The molecule has 0 aromatic carbocycles. The SMILES string of the molecule is CCCC=C(CC)C(C)=NC. The molecule has 0 atom stereocenters. The number of rotatable bonds is 4. The number of aliphatic imine (C=N–C) groups is 1. The van der Waals surface area contributed by atoms with Crippen LogP contribution in [0.4, 0.5) is 0 Å². The Morgan fingerprint density at radius 2 is 2.00 bits per heavy atom. The van der Waals surface area contributed by atoms with E-state index < -0.39 is 0 Å². The molecule has 0 amide bonds. The summed E-state index contributed by atoms with van der Waals surface area (Å²) in [5, 5.41) is 0. The van der Waals surface area contributed by atoms with Gasteiger partial charge in [0.25, 0.3) is 0 Å². The highest BCUT2D eigenvalue weighted by Gasteiger charge is 1.95. The lowest BCUT2D eigenvalue weighted by atomic mass is 10.1. The third kappa shape index (κ3) is 3.97. The van der Waals surface area contributed by atoms with E-state index in [1.54, 1.807) is 0 Å². The largest absolute Gasteiger partial charge is 0.293 e. The first-order valence-corrected chi connectivity index (χ1v) is 4.39. The van der Waals surface area contributed by atoms with Crippen molar-refractivity contribution in [1.29, 1.82) is 0 Å². The maximum absolute atomic E-state index is 4.16. The lowest BCUT2D eigenvalue weighted by molar-refractivity contribution is 0.944. The Balaban J connectivity index is 4.15. The van der Waals surface area contributed by atoms with Crippen LogP contribution in [0.2, 0.25) is 0 Å². The van der Waals surface area contributed by atoms with Gasteiger partial charge in [0.15, 0.2) is 0 Å². The minimum Gasteiger partial charge on any atom is -0.293 e. The van der Waals surface area contributed by atoms with Crippen molar-refractivity contribution >= 4 is 5.71 Å². The van der Waals surface area contributed by atoms with Crippen LogP contribution in [0.5, 0.6) is 0 Å². The summed E-state index contributed by atoms with van der Waals surface area (Å²) in [6.07, 6.45) is 5.79. The van der Waals surface area contributed by atoms with Crippen LogP contribution in [0, 0.1) is 0 Å². The Bertz CT molecular complexity index is 154. The molecule has 0 unspecified atom stereocenters. The summed E-state index contributed by atoms with van der Waals surface area (Å²) < 4.78 is 0. The van der Waals surface area contributed by atoms with Crippen molar-refractivity contribution in [2.24, 2.45) is 4.99 Å². The minimum atomic E-state index is 1.10. The van der Waals surface area contributed by atoms with Crippen molar-refractivity contribution in [3.8, 4) is 0 Å². The molecule has 0 aromatic rings. The van der Waals surface area contributed by atoms with Crippen LogP contribution < -0.4 is 0 Å². The second kappa shape index (κ2) is 6.14. The van der Waals surface area contributed by atoms with E-state index in [-0.39, 0.29) is 0 Å². The van der Waals surface area contributed by atoms with Gasteiger partial charge >= 0.3 is 0 Å². The lowest BCUT2D eigenvalue weighted by Crippen LogP contribution is -1.95. The molecule has 0 rings (SSSR count). The van der Waals surface area contributed by atoms with Crippen LogP contribution in [0.25, 0.3) is 0 Å². The van der Waals surface area contributed by atoms with Crippen LogP contribution in [0.15, 0.2) is 16.6 Å². The van der Waals surface area contributed by atoms with Crippen molar-refractivity contribution in [3.63, 3.8) is 0 Å². The van der Waals surface area contributed by atoms with Gasteiger partial charge in [-0.25, -0.2) is 0 Å². The summed E-state index contributed by atoms with van der Waals surface area (Å²) in [6, 6.07) is 0. The molecule has 64 valence electrons. The Morgan fingerprint density at radius 1 is 1.36 bits per heavy atom. The van der Waals surface area contributed by atoms with E-state index in [9.17, 15) is 0 Å². The molecule has 0 heterocycles. The highest BCUT2D eigenvalue weighted by atomic mass is 14.7. The highest BCUT2D eigenvalue weighted by molar-refractivity contribution is 5.97. The van der Waals surface area contributed by atoms with E-state index in [0.717, 1.165) is 6.42 Å². The van der Waals surface area contributed by atoms with Gasteiger partial charge in [-0.3, -0.25) is 4.99 Å². The number of allylic oxidation sites excluding steroid dienone is 2. The average molecular weight is 153 g/mol. The zero-order valence-corrected chi connectivity index (χ0v) is 8.15. The van der Waals surface area contributed by atoms with Gasteiger partial charge in [0.05, 0.1) is 0 Å². The Labute approximate surface area is 70.2 Å². The summed E-state index contributed by atoms with van der Waals surface area (Å²) in [5.41, 5.74) is 2.58. The number of hydrogen-bond donors (Lipinski definition) is 0. The second-order valence-corrected chi connectivity index (χ2v) is 2.68. The highest BCUT2D eigenvalue weighted by Crippen LogP contribution is 2.05. The molecule has 11 heavy (non-hydrogen) atoms. The predicted molar refractivity (Wildman–Crippen MR) is 52.3 cm³/mol. The first-order valence-electron chi connectivity index (χ1n) is 4.39. The normalized spacial score (nSPS) is 13.8. The van der Waals surface area contributed by atoms with E-state index >= 15 is 0 Å². The summed E-state index contributed by atoms with van der Waals surface area (Å²) in [4.78, 5) is 4.16. The molecular formula is C10H19N. The summed E-state index contributed by atoms with van der Waals surface area (Å²) in [5.74, 6) is 0. The van der Waals surface area contributed by atoms with Gasteiger partial charge in [-0.05, 0) is 25.3 Å². The summed E-state index contributed by atoms with van der Waals surface area (Å²) in [6.45, 7) is 6.45. The molecule has 0 spiro atoms. The maximum atomic E-state index is 4.16. The quantitative estimate of drug-likeness (QED) is 0.550. The van der Waals surface area contributed by atoms with Crippen molar-refractivity contribution < 1.29 is 0 Å². The van der Waals surface area contributed by atoms with E-state index in [1.165, 1.54) is 24.1 Å². The van der Waals surface area contributed by atoms with E-state index in [0.29, 0.717) is 0 Å². The van der Waals surface area contributed by atoms with Crippen LogP contribution in [-0.4, -0.2) is 12.8 Å². The Hall–Kier alpha value is -0.590. The van der Waals surface area contributed by atoms with Crippen LogP contribution in [0.1, 0.15) is 40.0 Å². The first-order chi connectivity index (χ1) is 5.26. The second-order valence-electron chi connectivity index (χ2n) is 2.68. The summed E-state index contributed by atoms with van der Waals surface area (Å²) in [7, 11) is 1.85. The fourth-order valence-electron chi connectivity index (χ4n) is 1.01. The Kier molecular flexibility index (Phi) is 5.81. The third-order valence-corrected chi connectivity index (χ3v) is 1.86. The van der Waals surface area contributed by atoms with E-state index in [2.05, 4.69) is 31.8 Å². The van der Waals surface area contributed by atoms with Gasteiger partial charge in [-0.15, -0.1) is 0 Å². The van der Waals surface area contributed by atoms with Gasteiger partial charge in [-0.1, -0.05) is 26.3 Å². The molecule has 0 aliphatic heterocycles. The monoisotopic (exact) mass is 153 g/mol. The molecular weight excluding hydrogens is 134 g/mol. The first kappa shape index (κ1) is 10.4. The van der Waals surface area contributed by atoms with Crippen molar-refractivity contribution in [2.45, 2.75) is 40.0 Å². The molecule has 0 saturated heterocycles. The maximum Gasteiger partial charge on any atom is 0.0342 e. The van der Waals surface area contributed by atoms with E-state index in [4.69, 9.17) is 0 Å². The van der Waals surface area contributed by atoms with Crippen LogP contribution in [-0.2, 0) is 0 Å². The minimum absolute atomic E-state index is 1.10. The molecule has 1 nitrogen and oxygen atoms in total. The molecule has 0 saturated carbocycles. The van der Waals surface area contributed by atoms with Gasteiger partial charge in [0.1, 0.15) is 0 Å². The smallest absolute Gasteiger partial charge is 0.0342 e. The number of hydrogen-bond acceptors (Lipinski definition) is 1. The summed E-state index contributed by atoms with van der Waals surface area (Å²) >= 11 is 0. The van der Waals surface area contributed by atoms with Gasteiger partial charge in [0, 0.05) is 12.8 Å². The molecule has 0 aromatic heterocycles. The number of unbranched alkanes of at least 4 members (excludes halogenated alkanes) is 1. The van der Waals surface area contributed by atoms with Gasteiger partial charge < -0.3 is 0 Å². The fourth-order valence-corrected chi connectivity index (χ4v) is 1.01. The molecule has 0 radical (unpaired) electrons. The average Bonchev–Trinajstić information content (AvgIpc) is 2.05. The topological polar surface area (TPSA) is 12.4 Å². The predicted octanol–water partition coefficient (Wildman–Crippen LogP) is 3.21. The van der Waals surface area contributed by atoms with Gasteiger partial charge in [0.2, 0.25) is 0 Å². The van der Waals surface area contributed by atoms with Crippen molar-refractivity contribution in [2.75, 3.05) is 7.05 Å². The Morgan fingerprint density at radius 3 is 2.36 bits per heavy atom. The fraction of sp³-hybridized carbons (Fsp3) is 0.700. The molecule has 0 N–H and O–H groups in total. The van der Waals surface area contributed by atoms with Crippen LogP contribution in [0.3, 0.4) is 0 Å². The zero-order chi connectivity index (χ0) is 8.69. The van der Waals surface area contributed by atoms with Crippen molar-refractivity contribution in [3.05, 3.63) is 11.6 Å². The molecule has 0 aliphatic rings. The van der Waals surface area contributed by atoms with Gasteiger partial charge in [-0.2, -0.15) is 0 Å². The lowest BCUT2D eigenvalue weighted by Gasteiger charge is -2.01. The van der Waals surface area contributed by atoms with Crippen molar-refractivity contribution in [1.82, 2.24) is 0 Å². The molecule has 1 heteroatoms. The van der Waals surface area contributed by atoms with E-state index in [1.807, 2.05) is 7.05 Å². The number of nitrogens with zero attached hydrogens (tertiary/aromatic N) is 1. The molecule has 0 fully saturated rings. The zero-order valence-electron chi connectivity index (χ0n) is 8.15. The molecule has 0 bridgehead atoms.